The van der Waals surface area contributed by atoms with Gasteiger partial charge in [0, 0.05) is 0 Å². The summed E-state index contributed by atoms with van der Waals surface area (Å²) in [6.07, 6.45) is 1.79. The molecule has 0 unspecified atom stereocenters. The van der Waals surface area contributed by atoms with E-state index >= 15 is 0 Å². The van der Waals surface area contributed by atoms with E-state index in [-0.39, 0.29) is 19.0 Å². The molecule has 0 N–H and O–H groups in total. The van der Waals surface area contributed by atoms with E-state index in [1.807, 2.05) is 0 Å². The molecule has 0 fully saturated rings. The fourth-order valence-corrected chi connectivity index (χ4v) is 2.00. The Hall–Kier alpha value is -2.28. The van der Waals surface area contributed by atoms with E-state index in [0.717, 1.165) is 12.8 Å². The van der Waals surface area contributed by atoms with Gasteiger partial charge < -0.3 is 23.7 Å². The van der Waals surface area contributed by atoms with E-state index in [1.54, 1.807) is 18.2 Å². The highest BCUT2D eigenvalue weighted by atomic mass is 16.6. The van der Waals surface area contributed by atoms with Crippen LogP contribution in [-0.4, -0.2) is 46.0 Å². The van der Waals surface area contributed by atoms with Gasteiger partial charge in [-0.05, 0) is 30.9 Å². The summed E-state index contributed by atoms with van der Waals surface area (Å²) in [6, 6.07) is 4.99. The molecule has 0 saturated carbocycles. The Morgan fingerprint density at radius 3 is 2.16 bits per heavy atom. The summed E-state index contributed by atoms with van der Waals surface area (Å²) in [5, 5.41) is 0. The highest BCUT2D eigenvalue weighted by molar-refractivity contribution is 5.76. The van der Waals surface area contributed by atoms with Crippen molar-refractivity contribution >= 4 is 11.9 Å². The van der Waals surface area contributed by atoms with E-state index < -0.39 is 11.9 Å². The summed E-state index contributed by atoms with van der Waals surface area (Å²) in [7, 11) is 2.91. The number of carbonyl (C=O) groups excluding carboxylic acids is 2. The third kappa shape index (κ3) is 7.89. The molecule has 0 aromatic heterocycles. The summed E-state index contributed by atoms with van der Waals surface area (Å²) in [5.74, 6) is 0.269. The first kappa shape index (κ1) is 20.8. The monoisotopic (exact) mass is 354 g/mol. The first-order valence-electron chi connectivity index (χ1n) is 8.13. The Kier molecular flexibility index (Phi) is 9.39. The van der Waals surface area contributed by atoms with Crippen LogP contribution in [0.4, 0.5) is 0 Å². The smallest absolute Gasteiger partial charge is 0.337 e. The van der Waals surface area contributed by atoms with Crippen LogP contribution in [0.5, 0.6) is 17.2 Å². The maximum Gasteiger partial charge on any atom is 0.337 e. The van der Waals surface area contributed by atoms with Crippen LogP contribution >= 0.6 is 0 Å². The standard InChI is InChI=1S/C18H26O7/c1-13(2)7-6-10-24-16(19)11-23-12-17(20)25-18-14(21-3)8-5-9-15(18)22-4/h5,8-9,13H,6-7,10-12H2,1-4H3. The fraction of sp³-hybridized carbons (Fsp3) is 0.556. The minimum absolute atomic E-state index is 0.164. The second-order valence-corrected chi connectivity index (χ2v) is 5.72. The van der Waals surface area contributed by atoms with Crippen molar-refractivity contribution in [3.63, 3.8) is 0 Å². The van der Waals surface area contributed by atoms with Gasteiger partial charge in [-0.15, -0.1) is 0 Å². The molecule has 1 rings (SSSR count). The molecule has 0 saturated heterocycles. The van der Waals surface area contributed by atoms with Gasteiger partial charge in [0.2, 0.25) is 5.75 Å². The molecule has 0 radical (unpaired) electrons. The molecule has 140 valence electrons. The summed E-state index contributed by atoms with van der Waals surface area (Å²) in [4.78, 5) is 23.3. The number of benzene rings is 1. The normalized spacial score (nSPS) is 10.4. The van der Waals surface area contributed by atoms with Gasteiger partial charge >= 0.3 is 11.9 Å². The average Bonchev–Trinajstić information content (AvgIpc) is 2.58. The van der Waals surface area contributed by atoms with Crippen LogP contribution in [0.2, 0.25) is 0 Å². The van der Waals surface area contributed by atoms with Gasteiger partial charge in [-0.25, -0.2) is 9.59 Å². The number of para-hydroxylation sites is 1. The topological polar surface area (TPSA) is 80.3 Å². The quantitative estimate of drug-likeness (QED) is 0.343. The SMILES string of the molecule is COc1cccc(OC)c1OC(=O)COCC(=O)OCCCC(C)C. The highest BCUT2D eigenvalue weighted by Gasteiger charge is 2.16. The van der Waals surface area contributed by atoms with Crippen LogP contribution in [-0.2, 0) is 19.1 Å². The third-order valence-corrected chi connectivity index (χ3v) is 3.23. The predicted molar refractivity (Wildman–Crippen MR) is 91.0 cm³/mol. The van der Waals surface area contributed by atoms with Gasteiger partial charge in [-0.2, -0.15) is 0 Å². The lowest BCUT2D eigenvalue weighted by Gasteiger charge is -2.12. The Labute approximate surface area is 148 Å². The lowest BCUT2D eigenvalue weighted by atomic mass is 10.1. The van der Waals surface area contributed by atoms with Crippen LogP contribution in [0.25, 0.3) is 0 Å². The van der Waals surface area contributed by atoms with E-state index in [4.69, 9.17) is 23.7 Å². The van der Waals surface area contributed by atoms with Crippen molar-refractivity contribution in [1.82, 2.24) is 0 Å². The molecule has 7 nitrogen and oxygen atoms in total. The predicted octanol–water partition coefficient (Wildman–Crippen LogP) is 2.61. The average molecular weight is 354 g/mol. The van der Waals surface area contributed by atoms with Crippen LogP contribution < -0.4 is 14.2 Å². The molecule has 0 amide bonds. The fourth-order valence-electron chi connectivity index (χ4n) is 2.00. The lowest BCUT2D eigenvalue weighted by molar-refractivity contribution is -0.152. The molecule has 0 bridgehead atoms. The Bertz CT molecular complexity index is 532. The van der Waals surface area contributed by atoms with Crippen LogP contribution in [0.1, 0.15) is 26.7 Å². The van der Waals surface area contributed by atoms with E-state index in [9.17, 15) is 9.59 Å². The molecule has 25 heavy (non-hydrogen) atoms. The number of carbonyl (C=O) groups is 2. The van der Waals surface area contributed by atoms with E-state index in [1.165, 1.54) is 14.2 Å². The van der Waals surface area contributed by atoms with Gasteiger partial charge in [-0.1, -0.05) is 19.9 Å². The van der Waals surface area contributed by atoms with E-state index in [2.05, 4.69) is 13.8 Å². The molecule has 0 aliphatic carbocycles. The second kappa shape index (κ2) is 11.3. The Balaban J connectivity index is 2.35. The van der Waals surface area contributed by atoms with Crippen LogP contribution in [0.15, 0.2) is 18.2 Å². The van der Waals surface area contributed by atoms with Gasteiger partial charge in [0.15, 0.2) is 11.5 Å². The zero-order valence-corrected chi connectivity index (χ0v) is 15.2. The molecule has 0 atom stereocenters. The number of methoxy groups -OCH3 is 2. The van der Waals surface area contributed by atoms with Gasteiger partial charge in [0.1, 0.15) is 13.2 Å². The van der Waals surface area contributed by atoms with Crippen molar-refractivity contribution < 1.29 is 33.3 Å². The molecule has 7 heteroatoms. The van der Waals surface area contributed by atoms with Gasteiger partial charge in [0.25, 0.3) is 0 Å². The molecular formula is C18H26O7. The highest BCUT2D eigenvalue weighted by Crippen LogP contribution is 2.36. The molecule has 0 heterocycles. The molecule has 1 aromatic carbocycles. The summed E-state index contributed by atoms with van der Waals surface area (Å²) in [5.41, 5.74) is 0. The Morgan fingerprint density at radius 2 is 1.60 bits per heavy atom. The largest absolute Gasteiger partial charge is 0.493 e. The van der Waals surface area contributed by atoms with E-state index in [0.29, 0.717) is 24.0 Å². The number of hydrogen-bond acceptors (Lipinski definition) is 7. The van der Waals surface area contributed by atoms with Crippen molar-refractivity contribution in [2.24, 2.45) is 5.92 Å². The number of ether oxygens (including phenoxy) is 5. The summed E-state index contributed by atoms with van der Waals surface area (Å²) in [6.45, 7) is 3.87. The maximum absolute atomic E-state index is 11.9. The second-order valence-electron chi connectivity index (χ2n) is 5.72. The zero-order valence-electron chi connectivity index (χ0n) is 15.2. The molecule has 0 spiro atoms. The maximum atomic E-state index is 11.9. The molecule has 0 aliphatic rings. The molecule has 0 aliphatic heterocycles. The van der Waals surface area contributed by atoms with Gasteiger partial charge in [-0.3, -0.25) is 0 Å². The minimum atomic E-state index is -0.671. The Morgan fingerprint density at radius 1 is 1.00 bits per heavy atom. The van der Waals surface area contributed by atoms with Crippen molar-refractivity contribution in [2.45, 2.75) is 26.7 Å². The summed E-state index contributed by atoms with van der Waals surface area (Å²) >= 11 is 0. The van der Waals surface area contributed by atoms with Crippen molar-refractivity contribution in [3.05, 3.63) is 18.2 Å². The van der Waals surface area contributed by atoms with Crippen LogP contribution in [0.3, 0.4) is 0 Å². The lowest BCUT2D eigenvalue weighted by Crippen LogP contribution is -2.21. The summed E-state index contributed by atoms with van der Waals surface area (Å²) < 4.78 is 25.5. The van der Waals surface area contributed by atoms with Crippen molar-refractivity contribution in [2.75, 3.05) is 34.0 Å². The number of hydrogen-bond donors (Lipinski definition) is 0. The first-order chi connectivity index (χ1) is 12.0. The van der Waals surface area contributed by atoms with Crippen LogP contribution in [0, 0.1) is 5.92 Å². The molecular weight excluding hydrogens is 328 g/mol. The number of rotatable bonds is 11. The molecule has 1 aromatic rings. The van der Waals surface area contributed by atoms with Crippen molar-refractivity contribution in [1.29, 1.82) is 0 Å². The first-order valence-corrected chi connectivity index (χ1v) is 8.13. The van der Waals surface area contributed by atoms with Gasteiger partial charge in [0.05, 0.1) is 20.8 Å². The minimum Gasteiger partial charge on any atom is -0.493 e. The number of esters is 2. The van der Waals surface area contributed by atoms with Crippen molar-refractivity contribution in [3.8, 4) is 17.2 Å². The zero-order chi connectivity index (χ0) is 18.7. The third-order valence-electron chi connectivity index (χ3n) is 3.23.